The highest BCUT2D eigenvalue weighted by atomic mass is 16.5. The maximum atomic E-state index is 12.7. The van der Waals surface area contributed by atoms with E-state index in [1.54, 1.807) is 7.11 Å². The van der Waals surface area contributed by atoms with E-state index in [9.17, 15) is 9.90 Å². The first-order valence-corrected chi connectivity index (χ1v) is 10.6. The number of nitrogens with zero attached hydrogens (tertiary/aromatic N) is 3. The Morgan fingerprint density at radius 2 is 1.48 bits per heavy atom. The van der Waals surface area contributed by atoms with Crippen molar-refractivity contribution in [2.24, 2.45) is 0 Å². The Labute approximate surface area is 191 Å². The van der Waals surface area contributed by atoms with Crippen molar-refractivity contribution in [2.75, 3.05) is 13.7 Å². The number of aliphatic hydroxyl groups excluding tert-OH is 1. The summed E-state index contributed by atoms with van der Waals surface area (Å²) in [6, 6.07) is 26.5. The monoisotopic (exact) mass is 443 g/mol. The number of hydrogen-bond donors (Lipinski definition) is 1. The minimum atomic E-state index is -0.932. The molecule has 0 saturated carbocycles. The number of benzene rings is 3. The molecule has 0 spiro atoms. The number of aromatic nitrogens is 3. The summed E-state index contributed by atoms with van der Waals surface area (Å²) in [5.41, 5.74) is 3.06. The number of rotatable bonds is 9. The highest BCUT2D eigenvalue weighted by Gasteiger charge is 2.16. The molecule has 0 fully saturated rings. The first kappa shape index (κ1) is 22.4. The summed E-state index contributed by atoms with van der Waals surface area (Å²) in [4.78, 5) is 17.0. The molecule has 0 amide bonds. The van der Waals surface area contributed by atoms with Crippen LogP contribution in [0.4, 0.5) is 0 Å². The Bertz CT molecular complexity index is 1240. The van der Waals surface area contributed by atoms with Crippen molar-refractivity contribution in [3.8, 4) is 28.3 Å². The Morgan fingerprint density at radius 3 is 2.15 bits per heavy atom. The second-order valence-corrected chi connectivity index (χ2v) is 7.49. The number of hydrogen-bond acceptors (Lipinski definition) is 6. The van der Waals surface area contributed by atoms with Gasteiger partial charge in [-0.05, 0) is 6.07 Å². The Balaban J connectivity index is 1.53. The minimum absolute atomic E-state index is 0.0350. The van der Waals surface area contributed by atoms with Gasteiger partial charge in [0.15, 0.2) is 0 Å². The number of aliphatic hydroxyl groups is 1. The van der Waals surface area contributed by atoms with Gasteiger partial charge in [-0.2, -0.15) is 10.1 Å². The third kappa shape index (κ3) is 5.52. The van der Waals surface area contributed by atoms with E-state index in [4.69, 9.17) is 9.47 Å². The van der Waals surface area contributed by atoms with Crippen LogP contribution in [0.15, 0.2) is 89.7 Å². The Hall–Kier alpha value is -3.81. The molecule has 33 heavy (non-hydrogen) atoms. The molecule has 1 unspecified atom stereocenters. The van der Waals surface area contributed by atoms with Gasteiger partial charge in [-0.15, -0.1) is 0 Å². The Morgan fingerprint density at radius 1 is 0.879 bits per heavy atom. The molecule has 0 aliphatic heterocycles. The van der Waals surface area contributed by atoms with Gasteiger partial charge in [-0.1, -0.05) is 78.9 Å². The SMILES string of the molecule is COc1ccccc1COCC(O)Cn1nc(-c2ccccc2)c(-c2ccccc2)nc1=O. The summed E-state index contributed by atoms with van der Waals surface area (Å²) in [5, 5.41) is 15.1. The van der Waals surface area contributed by atoms with Crippen LogP contribution in [-0.4, -0.2) is 39.7 Å². The third-order valence-electron chi connectivity index (χ3n) is 5.11. The summed E-state index contributed by atoms with van der Waals surface area (Å²) in [7, 11) is 1.60. The molecule has 3 aromatic carbocycles. The fourth-order valence-electron chi connectivity index (χ4n) is 3.50. The van der Waals surface area contributed by atoms with Crippen LogP contribution in [0.1, 0.15) is 5.56 Å². The van der Waals surface area contributed by atoms with Crippen LogP contribution in [0.5, 0.6) is 5.75 Å². The molecule has 7 heteroatoms. The van der Waals surface area contributed by atoms with Crippen molar-refractivity contribution in [3.05, 3.63) is 101 Å². The summed E-state index contributed by atoms with van der Waals surface area (Å²) < 4.78 is 12.1. The highest BCUT2D eigenvalue weighted by molar-refractivity contribution is 5.77. The molecule has 4 aromatic rings. The molecular weight excluding hydrogens is 418 g/mol. The van der Waals surface area contributed by atoms with Crippen LogP contribution in [0.2, 0.25) is 0 Å². The summed E-state index contributed by atoms with van der Waals surface area (Å²) in [6.45, 7) is 0.282. The van der Waals surface area contributed by atoms with Gasteiger partial charge in [-0.25, -0.2) is 9.48 Å². The quantitative estimate of drug-likeness (QED) is 0.426. The zero-order valence-electron chi connectivity index (χ0n) is 18.3. The summed E-state index contributed by atoms with van der Waals surface area (Å²) in [5.74, 6) is 0.720. The predicted octanol–water partition coefficient (Wildman–Crippen LogP) is 3.56. The highest BCUT2D eigenvalue weighted by Crippen LogP contribution is 2.27. The van der Waals surface area contributed by atoms with Crippen LogP contribution < -0.4 is 10.4 Å². The van der Waals surface area contributed by atoms with Gasteiger partial charge < -0.3 is 14.6 Å². The molecule has 0 saturated heterocycles. The average molecular weight is 444 g/mol. The molecule has 1 atom stereocenters. The molecule has 4 rings (SSSR count). The second-order valence-electron chi connectivity index (χ2n) is 7.49. The lowest BCUT2D eigenvalue weighted by Crippen LogP contribution is -2.33. The van der Waals surface area contributed by atoms with E-state index in [0.29, 0.717) is 11.4 Å². The van der Waals surface area contributed by atoms with Gasteiger partial charge in [0.25, 0.3) is 0 Å². The molecule has 168 valence electrons. The maximum absolute atomic E-state index is 12.7. The van der Waals surface area contributed by atoms with Crippen molar-refractivity contribution < 1.29 is 14.6 Å². The molecular formula is C26H25N3O4. The van der Waals surface area contributed by atoms with Gasteiger partial charge in [0.2, 0.25) is 0 Å². The molecule has 1 aromatic heterocycles. The first-order valence-electron chi connectivity index (χ1n) is 10.6. The van der Waals surface area contributed by atoms with E-state index in [-0.39, 0.29) is 19.8 Å². The predicted molar refractivity (Wildman–Crippen MR) is 126 cm³/mol. The fraction of sp³-hybridized carbons (Fsp3) is 0.192. The molecule has 0 bridgehead atoms. The van der Waals surface area contributed by atoms with Crippen molar-refractivity contribution in [1.82, 2.24) is 14.8 Å². The summed E-state index contributed by atoms with van der Waals surface area (Å²) in [6.07, 6.45) is -0.932. The van der Waals surface area contributed by atoms with Crippen LogP contribution in [-0.2, 0) is 17.9 Å². The topological polar surface area (TPSA) is 86.5 Å². The van der Waals surface area contributed by atoms with E-state index >= 15 is 0 Å². The molecule has 0 radical (unpaired) electrons. The second kappa shape index (κ2) is 10.7. The maximum Gasteiger partial charge on any atom is 0.364 e. The van der Waals surface area contributed by atoms with Crippen LogP contribution in [0.25, 0.3) is 22.5 Å². The van der Waals surface area contributed by atoms with Crippen molar-refractivity contribution >= 4 is 0 Å². The van der Waals surface area contributed by atoms with Gasteiger partial charge in [0.1, 0.15) is 17.1 Å². The van der Waals surface area contributed by atoms with E-state index < -0.39 is 11.8 Å². The van der Waals surface area contributed by atoms with E-state index in [1.807, 2.05) is 84.9 Å². The number of ether oxygens (including phenoxy) is 2. The lowest BCUT2D eigenvalue weighted by Gasteiger charge is -2.15. The van der Waals surface area contributed by atoms with Gasteiger partial charge >= 0.3 is 5.69 Å². The van der Waals surface area contributed by atoms with Crippen molar-refractivity contribution in [1.29, 1.82) is 0 Å². The van der Waals surface area contributed by atoms with Gasteiger partial charge in [0.05, 0.1) is 33.0 Å². The van der Waals surface area contributed by atoms with E-state index in [0.717, 1.165) is 22.4 Å². The minimum Gasteiger partial charge on any atom is -0.496 e. The fourth-order valence-corrected chi connectivity index (χ4v) is 3.50. The lowest BCUT2D eigenvalue weighted by molar-refractivity contribution is 0.0173. The largest absolute Gasteiger partial charge is 0.496 e. The zero-order valence-corrected chi connectivity index (χ0v) is 18.3. The molecule has 1 N–H and O–H groups in total. The molecule has 0 aliphatic rings. The van der Waals surface area contributed by atoms with E-state index in [1.165, 1.54) is 4.68 Å². The van der Waals surface area contributed by atoms with E-state index in [2.05, 4.69) is 10.1 Å². The molecule has 0 aliphatic carbocycles. The average Bonchev–Trinajstić information content (AvgIpc) is 2.86. The third-order valence-corrected chi connectivity index (χ3v) is 5.11. The lowest BCUT2D eigenvalue weighted by atomic mass is 10.0. The molecule has 1 heterocycles. The van der Waals surface area contributed by atoms with Gasteiger partial charge in [0, 0.05) is 16.7 Å². The zero-order chi connectivity index (χ0) is 23.0. The van der Waals surface area contributed by atoms with Crippen molar-refractivity contribution in [3.63, 3.8) is 0 Å². The van der Waals surface area contributed by atoms with Gasteiger partial charge in [-0.3, -0.25) is 0 Å². The number of para-hydroxylation sites is 1. The summed E-state index contributed by atoms with van der Waals surface area (Å²) >= 11 is 0. The van der Waals surface area contributed by atoms with Crippen LogP contribution in [0.3, 0.4) is 0 Å². The van der Waals surface area contributed by atoms with Crippen molar-refractivity contribution in [2.45, 2.75) is 19.3 Å². The molecule has 7 nitrogen and oxygen atoms in total. The smallest absolute Gasteiger partial charge is 0.364 e. The first-order chi connectivity index (χ1) is 16.2. The van der Waals surface area contributed by atoms with Crippen LogP contribution in [0, 0.1) is 0 Å². The Kier molecular flexibility index (Phi) is 7.24. The standard InChI is InChI=1S/C26H25N3O4/c1-32-23-15-9-8-14-21(23)17-33-18-22(30)16-29-26(31)27-24(19-10-4-2-5-11-19)25(28-29)20-12-6-3-7-13-20/h2-15,22,30H,16-18H2,1H3. The van der Waals surface area contributed by atoms with Crippen LogP contribution >= 0.6 is 0 Å². The normalized spacial score (nSPS) is 11.8. The number of methoxy groups -OCH3 is 1.